The predicted molar refractivity (Wildman–Crippen MR) is 92.6 cm³/mol. The molecule has 0 saturated heterocycles. The van der Waals surface area contributed by atoms with Gasteiger partial charge < -0.3 is 10.1 Å². The highest BCUT2D eigenvalue weighted by Gasteiger charge is 2.17. The van der Waals surface area contributed by atoms with E-state index in [-0.39, 0.29) is 11.7 Å². The maximum atomic E-state index is 12.4. The lowest BCUT2D eigenvalue weighted by Gasteiger charge is -2.18. The molecule has 0 unspecified atom stereocenters. The van der Waals surface area contributed by atoms with Gasteiger partial charge in [-0.05, 0) is 47.9 Å². The molecule has 0 atom stereocenters. The molecule has 0 aliphatic carbocycles. The minimum atomic E-state index is -3.54. The van der Waals surface area contributed by atoms with Gasteiger partial charge in [0.2, 0.25) is 15.9 Å². The number of rotatable bonds is 5. The van der Waals surface area contributed by atoms with Crippen LogP contribution in [0.4, 0.5) is 11.4 Å². The molecule has 2 aromatic rings. The van der Waals surface area contributed by atoms with Gasteiger partial charge in [-0.25, -0.2) is 8.42 Å². The molecule has 1 amide bonds. The number of methoxy groups -OCH3 is 1. The Morgan fingerprint density at radius 1 is 1.17 bits per heavy atom. The van der Waals surface area contributed by atoms with Crippen molar-refractivity contribution in [1.29, 1.82) is 0 Å². The van der Waals surface area contributed by atoms with Crippen molar-refractivity contribution >= 4 is 27.3 Å². The topological polar surface area (TPSA) is 84.5 Å². The molecule has 7 heteroatoms. The van der Waals surface area contributed by atoms with Crippen LogP contribution in [0.2, 0.25) is 0 Å². The Morgan fingerprint density at radius 2 is 2.00 bits per heavy atom. The van der Waals surface area contributed by atoms with Gasteiger partial charge in [-0.2, -0.15) is 0 Å². The van der Waals surface area contributed by atoms with Crippen LogP contribution >= 0.6 is 0 Å². The Bertz CT molecular complexity index is 878. The molecule has 1 heterocycles. The van der Waals surface area contributed by atoms with E-state index in [1.54, 1.807) is 42.5 Å². The fourth-order valence-electron chi connectivity index (χ4n) is 2.64. The molecule has 2 aromatic carbocycles. The van der Waals surface area contributed by atoms with Gasteiger partial charge in [0.25, 0.3) is 0 Å². The number of ether oxygens (including phenoxy) is 1. The van der Waals surface area contributed by atoms with Crippen molar-refractivity contribution in [2.75, 3.05) is 17.1 Å². The molecular formula is C17H18N2O4S. The highest BCUT2D eigenvalue weighted by molar-refractivity contribution is 7.91. The first-order valence-electron chi connectivity index (χ1n) is 7.51. The van der Waals surface area contributed by atoms with E-state index >= 15 is 0 Å². The molecule has 6 nitrogen and oxygen atoms in total. The second-order valence-corrected chi connectivity index (χ2v) is 7.36. The van der Waals surface area contributed by atoms with E-state index in [9.17, 15) is 13.2 Å². The van der Waals surface area contributed by atoms with E-state index in [4.69, 9.17) is 4.74 Å². The summed E-state index contributed by atoms with van der Waals surface area (Å²) in [5, 5.41) is 2.77. The summed E-state index contributed by atoms with van der Waals surface area (Å²) in [6.45, 7) is 0. The minimum Gasteiger partial charge on any atom is -0.497 e. The smallest absolute Gasteiger partial charge is 0.236 e. The highest BCUT2D eigenvalue weighted by atomic mass is 32.2. The van der Waals surface area contributed by atoms with Crippen LogP contribution < -0.4 is 14.8 Å². The summed E-state index contributed by atoms with van der Waals surface area (Å²) in [4.78, 5) is 11.4. The summed E-state index contributed by atoms with van der Waals surface area (Å²) in [6, 6.07) is 12.1. The van der Waals surface area contributed by atoms with E-state index in [1.165, 1.54) is 7.11 Å². The van der Waals surface area contributed by atoms with Crippen LogP contribution in [0.25, 0.3) is 0 Å². The molecule has 3 rings (SSSR count). The summed E-state index contributed by atoms with van der Waals surface area (Å²) in [6.07, 6.45) is 1.01. The number of aryl methyl sites for hydroxylation is 1. The van der Waals surface area contributed by atoms with Gasteiger partial charge in [-0.3, -0.25) is 9.52 Å². The van der Waals surface area contributed by atoms with E-state index < -0.39 is 10.0 Å². The first-order valence-corrected chi connectivity index (χ1v) is 9.16. The van der Waals surface area contributed by atoms with Gasteiger partial charge in [-0.15, -0.1) is 0 Å². The minimum absolute atomic E-state index is 0.0196. The number of fused-ring (bicyclic) bond motifs is 1. The number of benzene rings is 2. The molecule has 0 saturated carbocycles. The van der Waals surface area contributed by atoms with Crippen molar-refractivity contribution in [3.05, 3.63) is 53.6 Å². The number of nitrogens with one attached hydrogen (secondary N) is 2. The molecule has 1 aliphatic heterocycles. The van der Waals surface area contributed by atoms with E-state index in [0.29, 0.717) is 29.8 Å². The average Bonchev–Trinajstić information content (AvgIpc) is 2.54. The van der Waals surface area contributed by atoms with Gasteiger partial charge in [-0.1, -0.05) is 12.1 Å². The van der Waals surface area contributed by atoms with Gasteiger partial charge in [0, 0.05) is 17.8 Å². The van der Waals surface area contributed by atoms with Crippen LogP contribution in [0, 0.1) is 0 Å². The van der Waals surface area contributed by atoms with Crippen LogP contribution in [0.3, 0.4) is 0 Å². The Morgan fingerprint density at radius 3 is 2.79 bits per heavy atom. The maximum absolute atomic E-state index is 12.4. The molecule has 0 spiro atoms. The zero-order valence-electron chi connectivity index (χ0n) is 13.2. The van der Waals surface area contributed by atoms with E-state index in [1.807, 2.05) is 0 Å². The largest absolute Gasteiger partial charge is 0.497 e. The molecule has 126 valence electrons. The first-order chi connectivity index (χ1) is 11.4. The van der Waals surface area contributed by atoms with Crippen molar-refractivity contribution in [2.45, 2.75) is 18.6 Å². The van der Waals surface area contributed by atoms with Crippen LogP contribution in [0.15, 0.2) is 42.5 Å². The van der Waals surface area contributed by atoms with Gasteiger partial charge in [0.05, 0.1) is 12.9 Å². The van der Waals surface area contributed by atoms with Crippen LogP contribution in [0.5, 0.6) is 5.75 Å². The normalized spacial score (nSPS) is 13.8. The van der Waals surface area contributed by atoms with Crippen LogP contribution in [-0.2, 0) is 27.0 Å². The number of amides is 1. The lowest BCUT2D eigenvalue weighted by molar-refractivity contribution is -0.116. The van der Waals surface area contributed by atoms with Crippen molar-refractivity contribution in [2.24, 2.45) is 0 Å². The number of hydrogen-bond acceptors (Lipinski definition) is 4. The van der Waals surface area contributed by atoms with E-state index in [2.05, 4.69) is 10.0 Å². The Labute approximate surface area is 140 Å². The zero-order chi connectivity index (χ0) is 17.2. The molecule has 24 heavy (non-hydrogen) atoms. The number of carbonyl (C=O) groups excluding carboxylic acids is 1. The standard InChI is InChI=1S/C17H18N2O4S/c1-23-15-4-2-3-12(9-15)11-24(21,22)19-14-6-7-16-13(10-14)5-8-17(20)18-16/h2-4,6-7,9-10,19H,5,8,11H2,1H3,(H,18,20). The molecule has 1 aliphatic rings. The molecule has 0 bridgehead atoms. The second kappa shape index (κ2) is 6.52. The third-order valence-electron chi connectivity index (χ3n) is 3.76. The predicted octanol–water partition coefficient (Wildman–Crippen LogP) is 2.52. The molecule has 2 N–H and O–H groups in total. The number of hydrogen-bond donors (Lipinski definition) is 2. The molecular weight excluding hydrogens is 328 g/mol. The summed E-state index contributed by atoms with van der Waals surface area (Å²) >= 11 is 0. The quantitative estimate of drug-likeness (QED) is 0.871. The van der Waals surface area contributed by atoms with Crippen LogP contribution in [0.1, 0.15) is 17.5 Å². The van der Waals surface area contributed by atoms with Crippen LogP contribution in [-0.4, -0.2) is 21.4 Å². The Balaban J connectivity index is 1.75. The summed E-state index contributed by atoms with van der Waals surface area (Å²) in [7, 11) is -2.00. The summed E-state index contributed by atoms with van der Waals surface area (Å²) < 4.78 is 32.4. The average molecular weight is 346 g/mol. The Hall–Kier alpha value is -2.54. The third-order valence-corrected chi connectivity index (χ3v) is 5.03. The number of anilines is 2. The van der Waals surface area contributed by atoms with Gasteiger partial charge >= 0.3 is 0 Å². The highest BCUT2D eigenvalue weighted by Crippen LogP contribution is 2.26. The third kappa shape index (κ3) is 3.86. The molecule has 0 radical (unpaired) electrons. The SMILES string of the molecule is COc1cccc(CS(=O)(=O)Nc2ccc3c(c2)CCC(=O)N3)c1. The fourth-order valence-corrected chi connectivity index (χ4v) is 3.82. The monoisotopic (exact) mass is 346 g/mol. The zero-order valence-corrected chi connectivity index (χ0v) is 14.0. The maximum Gasteiger partial charge on any atom is 0.236 e. The van der Waals surface area contributed by atoms with Crippen molar-refractivity contribution < 1.29 is 17.9 Å². The molecule has 0 aromatic heterocycles. The summed E-state index contributed by atoms with van der Waals surface area (Å²) in [5.41, 5.74) is 2.80. The first kappa shape index (κ1) is 16.3. The van der Waals surface area contributed by atoms with Crippen molar-refractivity contribution in [3.63, 3.8) is 0 Å². The second-order valence-electron chi connectivity index (χ2n) is 5.63. The number of sulfonamides is 1. The Kier molecular flexibility index (Phi) is 4.44. The molecule has 0 fully saturated rings. The fraction of sp³-hybridized carbons (Fsp3) is 0.235. The van der Waals surface area contributed by atoms with E-state index in [0.717, 1.165) is 11.3 Å². The lowest BCUT2D eigenvalue weighted by Crippen LogP contribution is -2.20. The lowest BCUT2D eigenvalue weighted by atomic mass is 10.0. The van der Waals surface area contributed by atoms with Gasteiger partial charge in [0.1, 0.15) is 5.75 Å². The van der Waals surface area contributed by atoms with Gasteiger partial charge in [0.15, 0.2) is 0 Å². The van der Waals surface area contributed by atoms with Crippen molar-refractivity contribution in [1.82, 2.24) is 0 Å². The van der Waals surface area contributed by atoms with Crippen molar-refractivity contribution in [3.8, 4) is 5.75 Å². The summed E-state index contributed by atoms with van der Waals surface area (Å²) in [5.74, 6) is 0.457. The number of carbonyl (C=O) groups is 1.